The van der Waals surface area contributed by atoms with Crippen LogP contribution in [-0.2, 0) is 6.54 Å². The lowest BCUT2D eigenvalue weighted by atomic mass is 10.1. The Morgan fingerprint density at radius 3 is 2.48 bits per heavy atom. The summed E-state index contributed by atoms with van der Waals surface area (Å²) in [7, 11) is 0. The first-order valence-electron chi connectivity index (χ1n) is 9.61. The number of aryl methyl sites for hydroxylation is 1. The van der Waals surface area contributed by atoms with Gasteiger partial charge in [-0.3, -0.25) is 15.0 Å². The van der Waals surface area contributed by atoms with Crippen molar-refractivity contribution in [1.82, 2.24) is 4.90 Å². The van der Waals surface area contributed by atoms with E-state index >= 15 is 0 Å². The molecule has 1 heterocycles. The SMILES string of the molecule is Cc1cccc(N2CCN(Cc3ccccc3O)C2c2ccc([N+](=O)[O-])cc2)c1. The normalized spacial score (nSPS) is 16.9. The average Bonchev–Trinajstić information content (AvgIpc) is 3.13. The molecule has 1 aliphatic heterocycles. The van der Waals surface area contributed by atoms with E-state index in [2.05, 4.69) is 34.9 Å². The monoisotopic (exact) mass is 389 g/mol. The molecule has 0 saturated carbocycles. The van der Waals surface area contributed by atoms with Crippen molar-refractivity contribution in [3.63, 3.8) is 0 Å². The molecule has 3 aromatic carbocycles. The molecule has 1 fully saturated rings. The topological polar surface area (TPSA) is 69.8 Å². The summed E-state index contributed by atoms with van der Waals surface area (Å²) < 4.78 is 0. The lowest BCUT2D eigenvalue weighted by Gasteiger charge is -2.32. The molecule has 0 spiro atoms. The lowest BCUT2D eigenvalue weighted by Crippen LogP contribution is -2.30. The molecule has 0 aliphatic carbocycles. The minimum atomic E-state index is -0.378. The van der Waals surface area contributed by atoms with Crippen molar-refractivity contribution >= 4 is 11.4 Å². The molecule has 4 rings (SSSR count). The average molecular weight is 389 g/mol. The smallest absolute Gasteiger partial charge is 0.269 e. The first kappa shape index (κ1) is 19.0. The quantitative estimate of drug-likeness (QED) is 0.509. The Balaban J connectivity index is 1.71. The van der Waals surface area contributed by atoms with Crippen LogP contribution in [0.15, 0.2) is 72.8 Å². The summed E-state index contributed by atoms with van der Waals surface area (Å²) in [6.45, 7) is 4.32. The Morgan fingerprint density at radius 2 is 1.79 bits per heavy atom. The molecule has 0 aromatic heterocycles. The van der Waals surface area contributed by atoms with Crippen LogP contribution < -0.4 is 4.90 Å². The third-order valence-electron chi connectivity index (χ3n) is 5.37. The van der Waals surface area contributed by atoms with Crippen molar-refractivity contribution in [3.8, 4) is 5.75 Å². The summed E-state index contributed by atoms with van der Waals surface area (Å²) >= 11 is 0. The number of phenolic OH excluding ortho intramolecular Hbond substituents is 1. The first-order valence-corrected chi connectivity index (χ1v) is 9.61. The highest BCUT2D eigenvalue weighted by Crippen LogP contribution is 2.37. The molecule has 1 saturated heterocycles. The molecule has 3 aromatic rings. The van der Waals surface area contributed by atoms with Crippen LogP contribution >= 0.6 is 0 Å². The Hall–Kier alpha value is -3.38. The van der Waals surface area contributed by atoms with E-state index in [0.29, 0.717) is 6.54 Å². The van der Waals surface area contributed by atoms with Gasteiger partial charge >= 0.3 is 0 Å². The van der Waals surface area contributed by atoms with Gasteiger partial charge in [-0.25, -0.2) is 0 Å². The molecule has 1 N–H and O–H groups in total. The van der Waals surface area contributed by atoms with Gasteiger partial charge in [0.2, 0.25) is 0 Å². The predicted octanol–water partition coefficient (Wildman–Crippen LogP) is 4.63. The van der Waals surface area contributed by atoms with Crippen LogP contribution in [0.5, 0.6) is 5.75 Å². The van der Waals surface area contributed by atoms with Crippen molar-refractivity contribution in [2.24, 2.45) is 0 Å². The maximum Gasteiger partial charge on any atom is 0.269 e. The number of nitrogens with zero attached hydrogens (tertiary/aromatic N) is 3. The number of anilines is 1. The van der Waals surface area contributed by atoms with E-state index in [0.717, 1.165) is 29.9 Å². The number of hydrogen-bond acceptors (Lipinski definition) is 5. The number of benzene rings is 3. The maximum atomic E-state index is 11.1. The molecule has 6 nitrogen and oxygen atoms in total. The minimum Gasteiger partial charge on any atom is -0.508 e. The van der Waals surface area contributed by atoms with Crippen LogP contribution in [0.2, 0.25) is 0 Å². The van der Waals surface area contributed by atoms with E-state index in [4.69, 9.17) is 0 Å². The second-order valence-electron chi connectivity index (χ2n) is 7.35. The van der Waals surface area contributed by atoms with Gasteiger partial charge in [-0.2, -0.15) is 0 Å². The van der Waals surface area contributed by atoms with Crippen LogP contribution in [-0.4, -0.2) is 28.0 Å². The van der Waals surface area contributed by atoms with Crippen molar-refractivity contribution in [3.05, 3.63) is 99.6 Å². The van der Waals surface area contributed by atoms with Gasteiger partial charge in [-0.05, 0) is 48.4 Å². The van der Waals surface area contributed by atoms with E-state index in [1.54, 1.807) is 18.2 Å². The van der Waals surface area contributed by atoms with Gasteiger partial charge in [0.1, 0.15) is 11.9 Å². The van der Waals surface area contributed by atoms with Crippen molar-refractivity contribution in [1.29, 1.82) is 0 Å². The van der Waals surface area contributed by atoms with Crippen molar-refractivity contribution < 1.29 is 10.0 Å². The zero-order chi connectivity index (χ0) is 20.4. The molecule has 6 heteroatoms. The summed E-state index contributed by atoms with van der Waals surface area (Å²) in [6, 6.07) is 22.5. The molecule has 0 amide bonds. The van der Waals surface area contributed by atoms with Gasteiger partial charge in [0, 0.05) is 43.0 Å². The first-order chi connectivity index (χ1) is 14.0. The Morgan fingerprint density at radius 1 is 1.03 bits per heavy atom. The van der Waals surface area contributed by atoms with E-state index in [1.165, 1.54) is 5.56 Å². The van der Waals surface area contributed by atoms with Crippen LogP contribution in [0.25, 0.3) is 0 Å². The second kappa shape index (κ2) is 7.93. The number of hydrogen-bond donors (Lipinski definition) is 1. The van der Waals surface area contributed by atoms with Gasteiger partial charge in [0.25, 0.3) is 5.69 Å². The van der Waals surface area contributed by atoms with Crippen LogP contribution in [0.4, 0.5) is 11.4 Å². The van der Waals surface area contributed by atoms with Crippen molar-refractivity contribution in [2.45, 2.75) is 19.6 Å². The molecular weight excluding hydrogens is 366 g/mol. The summed E-state index contributed by atoms with van der Waals surface area (Å²) in [5.74, 6) is 0.281. The highest BCUT2D eigenvalue weighted by molar-refractivity contribution is 5.52. The highest BCUT2D eigenvalue weighted by atomic mass is 16.6. The zero-order valence-corrected chi connectivity index (χ0v) is 16.2. The van der Waals surface area contributed by atoms with Gasteiger partial charge in [-0.15, -0.1) is 0 Å². The molecule has 1 aliphatic rings. The lowest BCUT2D eigenvalue weighted by molar-refractivity contribution is -0.384. The zero-order valence-electron chi connectivity index (χ0n) is 16.2. The van der Waals surface area contributed by atoms with Gasteiger partial charge in [0.05, 0.1) is 4.92 Å². The van der Waals surface area contributed by atoms with Gasteiger partial charge in [-0.1, -0.05) is 30.3 Å². The molecule has 0 radical (unpaired) electrons. The third kappa shape index (κ3) is 3.93. The number of nitro groups is 1. The Kier molecular flexibility index (Phi) is 5.18. The standard InChI is InChI=1S/C23H23N3O3/c1-17-5-4-7-21(15-17)25-14-13-24(16-19-6-2-3-8-22(19)27)23(25)18-9-11-20(12-10-18)26(28)29/h2-12,15,23,27H,13-14,16H2,1H3. The number of rotatable bonds is 5. The number of nitro benzene ring substituents is 1. The molecule has 1 atom stereocenters. The van der Waals surface area contributed by atoms with Crippen LogP contribution in [0.1, 0.15) is 22.9 Å². The van der Waals surface area contributed by atoms with Crippen molar-refractivity contribution in [2.75, 3.05) is 18.0 Å². The molecule has 1 unspecified atom stereocenters. The van der Waals surface area contributed by atoms with E-state index in [-0.39, 0.29) is 22.5 Å². The highest BCUT2D eigenvalue weighted by Gasteiger charge is 2.34. The molecule has 29 heavy (non-hydrogen) atoms. The summed E-state index contributed by atoms with van der Waals surface area (Å²) in [6.07, 6.45) is -0.0720. The summed E-state index contributed by atoms with van der Waals surface area (Å²) in [5.41, 5.74) is 4.24. The second-order valence-corrected chi connectivity index (χ2v) is 7.35. The summed E-state index contributed by atoms with van der Waals surface area (Å²) in [4.78, 5) is 15.3. The number of aromatic hydroxyl groups is 1. The van der Waals surface area contributed by atoms with Gasteiger partial charge in [0.15, 0.2) is 0 Å². The molecule has 0 bridgehead atoms. The van der Waals surface area contributed by atoms with E-state index in [9.17, 15) is 15.2 Å². The molecular formula is C23H23N3O3. The van der Waals surface area contributed by atoms with E-state index < -0.39 is 0 Å². The fraction of sp³-hybridized carbons (Fsp3) is 0.217. The Bertz CT molecular complexity index is 1020. The van der Waals surface area contributed by atoms with Crippen LogP contribution in [0, 0.1) is 17.0 Å². The number of non-ortho nitro benzene ring substituents is 1. The maximum absolute atomic E-state index is 11.1. The number of phenols is 1. The van der Waals surface area contributed by atoms with E-state index in [1.807, 2.05) is 36.4 Å². The largest absolute Gasteiger partial charge is 0.508 e. The Labute approximate surface area is 169 Å². The fourth-order valence-electron chi connectivity index (χ4n) is 3.94. The minimum absolute atomic E-state index is 0.0720. The van der Waals surface area contributed by atoms with Gasteiger partial charge < -0.3 is 10.0 Å². The summed E-state index contributed by atoms with van der Waals surface area (Å²) in [5, 5.41) is 21.3. The van der Waals surface area contributed by atoms with Crippen LogP contribution in [0.3, 0.4) is 0 Å². The fourth-order valence-corrected chi connectivity index (χ4v) is 3.94. The number of para-hydroxylation sites is 1. The molecule has 148 valence electrons. The predicted molar refractivity (Wildman–Crippen MR) is 113 cm³/mol. The third-order valence-corrected chi connectivity index (χ3v) is 5.37.